The second-order valence-electron chi connectivity index (χ2n) is 15.2. The highest BCUT2D eigenvalue weighted by Gasteiger charge is 2.77. The van der Waals surface area contributed by atoms with Gasteiger partial charge in [-0.05, 0) is 80.2 Å². The summed E-state index contributed by atoms with van der Waals surface area (Å²) in [6.45, 7) is 11.9. The summed E-state index contributed by atoms with van der Waals surface area (Å²) in [6, 6.07) is 12.7. The Bertz CT molecular complexity index is 1960. The SMILES string of the molecule is CC=C(C)C(=O)O[C@@H]1C(COC(C)=O)=CC2C(=O)[C@]3(C=C(C)[C@H](OC(=O)c4ccccc4NC(=O)c4ccccc4N)[C@@]13O)[C@H](C)C[C@@H]1[C@H]2C1(C)C. The van der Waals surface area contributed by atoms with E-state index in [1.807, 2.05) is 6.92 Å². The van der Waals surface area contributed by atoms with Gasteiger partial charge in [-0.3, -0.25) is 14.4 Å². The fourth-order valence-corrected chi connectivity index (χ4v) is 9.06. The lowest BCUT2D eigenvalue weighted by Crippen LogP contribution is -2.66. The van der Waals surface area contributed by atoms with Crippen molar-refractivity contribution in [3.8, 4) is 0 Å². The molecule has 0 radical (unpaired) electrons. The van der Waals surface area contributed by atoms with Crippen LogP contribution >= 0.6 is 0 Å². The van der Waals surface area contributed by atoms with Gasteiger partial charge in [0.1, 0.15) is 6.61 Å². The van der Waals surface area contributed by atoms with E-state index in [9.17, 15) is 24.3 Å². The summed E-state index contributed by atoms with van der Waals surface area (Å²) in [7, 11) is 0. The number of esters is 3. The van der Waals surface area contributed by atoms with Gasteiger partial charge in [-0.1, -0.05) is 63.3 Å². The van der Waals surface area contributed by atoms with Crippen molar-refractivity contribution >= 4 is 41.0 Å². The van der Waals surface area contributed by atoms with Crippen LogP contribution in [0.4, 0.5) is 11.4 Å². The minimum Gasteiger partial charge on any atom is -0.461 e. The number of nitrogen functional groups attached to an aromatic ring is 1. The van der Waals surface area contributed by atoms with Crippen LogP contribution in [-0.2, 0) is 28.6 Å². The summed E-state index contributed by atoms with van der Waals surface area (Å²) >= 11 is 0. The molecule has 2 fully saturated rings. The molecule has 0 saturated heterocycles. The Morgan fingerprint density at radius 3 is 2.31 bits per heavy atom. The molecule has 2 aromatic rings. The lowest BCUT2D eigenvalue weighted by atomic mass is 9.59. The average Bonchev–Trinajstić information content (AvgIpc) is 3.60. The van der Waals surface area contributed by atoms with Gasteiger partial charge in [0.25, 0.3) is 5.91 Å². The van der Waals surface area contributed by atoms with E-state index in [0.717, 1.165) is 0 Å². The van der Waals surface area contributed by atoms with Crippen LogP contribution in [0.2, 0.25) is 0 Å². The van der Waals surface area contributed by atoms with E-state index in [2.05, 4.69) is 19.2 Å². The Kier molecular flexibility index (Phi) is 9.32. The molecule has 11 heteroatoms. The van der Waals surface area contributed by atoms with Crippen LogP contribution in [0.3, 0.4) is 0 Å². The number of ether oxygens (including phenoxy) is 3. The molecule has 2 saturated carbocycles. The Morgan fingerprint density at radius 2 is 1.65 bits per heavy atom. The second kappa shape index (κ2) is 13.2. The molecule has 2 bridgehead atoms. The lowest BCUT2D eigenvalue weighted by Gasteiger charge is -2.49. The first-order valence-corrected chi connectivity index (χ1v) is 17.6. The normalized spacial score (nSPS) is 31.4. The van der Waals surface area contributed by atoms with Crippen molar-refractivity contribution in [2.75, 3.05) is 17.7 Å². The highest BCUT2D eigenvalue weighted by molar-refractivity contribution is 6.10. The van der Waals surface area contributed by atoms with E-state index in [4.69, 9.17) is 19.9 Å². The zero-order chi connectivity index (χ0) is 37.9. The maximum absolute atomic E-state index is 15.2. The van der Waals surface area contributed by atoms with Crippen molar-refractivity contribution in [1.29, 1.82) is 0 Å². The van der Waals surface area contributed by atoms with Crippen LogP contribution in [-0.4, -0.2) is 59.1 Å². The van der Waals surface area contributed by atoms with Crippen molar-refractivity contribution < 1.29 is 43.3 Å². The molecule has 1 amide bonds. The zero-order valence-electron chi connectivity index (χ0n) is 30.5. The number of carbonyl (C=O) groups excluding carboxylic acids is 5. The molecule has 4 aliphatic rings. The first-order chi connectivity index (χ1) is 24.5. The molecule has 2 aromatic carbocycles. The summed E-state index contributed by atoms with van der Waals surface area (Å²) in [5, 5.41) is 16.2. The summed E-state index contributed by atoms with van der Waals surface area (Å²) in [4.78, 5) is 68.4. The van der Waals surface area contributed by atoms with E-state index < -0.39 is 58.9 Å². The van der Waals surface area contributed by atoms with Gasteiger partial charge in [-0.25, -0.2) is 9.59 Å². The third-order valence-corrected chi connectivity index (χ3v) is 11.9. The number of nitrogens with one attached hydrogen (secondary N) is 1. The number of ketones is 1. The minimum absolute atomic E-state index is 0.0218. The molecule has 52 heavy (non-hydrogen) atoms. The smallest absolute Gasteiger partial charge is 0.340 e. The summed E-state index contributed by atoms with van der Waals surface area (Å²) in [5.41, 5.74) is 3.26. The fraction of sp³-hybridized carbons (Fsp3) is 0.439. The largest absolute Gasteiger partial charge is 0.461 e. The number of anilines is 2. The molecule has 4 N–H and O–H groups in total. The summed E-state index contributed by atoms with van der Waals surface area (Å²) in [6.07, 6.45) is 2.50. The molecule has 1 unspecified atom stereocenters. The number of rotatable bonds is 8. The molecule has 274 valence electrons. The quantitative estimate of drug-likeness (QED) is 0.103. The van der Waals surface area contributed by atoms with Crippen LogP contribution < -0.4 is 11.1 Å². The number of carbonyl (C=O) groups is 5. The van der Waals surface area contributed by atoms with Gasteiger partial charge < -0.3 is 30.4 Å². The number of Topliss-reactive ketones (excluding diaryl/α,β-unsaturated/α-hetero) is 1. The van der Waals surface area contributed by atoms with E-state index >= 15 is 4.79 Å². The maximum atomic E-state index is 15.2. The molecule has 0 heterocycles. The van der Waals surface area contributed by atoms with Crippen molar-refractivity contribution in [1.82, 2.24) is 0 Å². The number of amides is 1. The Hall–Kier alpha value is -5.03. The average molecular weight is 711 g/mol. The van der Waals surface area contributed by atoms with Crippen molar-refractivity contribution in [2.24, 2.45) is 34.5 Å². The standard InChI is InChI=1S/C41H46N2O9/c1-8-21(2)37(47)52-35-25(20-50-24(5)44)18-28-32-29(39(32,6)7)17-23(4)40(33(28)45)19-22(3)34(41(35,40)49)51-38(48)27-14-10-12-16-31(27)43-36(46)26-13-9-11-15-30(26)42/h8-16,18-19,23,28-29,32,34-35,49H,17,20,42H2,1-7H3,(H,43,46)/t23-,28?,29-,32+,34+,35-,40+,41-/m1/s1. The van der Waals surface area contributed by atoms with Crippen LogP contribution in [0.1, 0.15) is 75.6 Å². The van der Waals surface area contributed by atoms with Gasteiger partial charge in [-0.2, -0.15) is 0 Å². The third kappa shape index (κ3) is 5.66. The molecule has 11 nitrogen and oxygen atoms in total. The molecule has 4 aliphatic carbocycles. The van der Waals surface area contributed by atoms with Crippen molar-refractivity contribution in [2.45, 2.75) is 72.7 Å². The summed E-state index contributed by atoms with van der Waals surface area (Å²) < 4.78 is 17.9. The van der Waals surface area contributed by atoms with Crippen LogP contribution in [0.15, 0.2) is 83.5 Å². The van der Waals surface area contributed by atoms with Crippen molar-refractivity contribution in [3.63, 3.8) is 0 Å². The molecule has 0 aromatic heterocycles. The Morgan fingerprint density at radius 1 is 1.00 bits per heavy atom. The predicted molar refractivity (Wildman–Crippen MR) is 193 cm³/mol. The number of hydrogen-bond donors (Lipinski definition) is 3. The number of para-hydroxylation sites is 2. The minimum atomic E-state index is -2.36. The number of fused-ring (bicyclic) bond motifs is 3. The van der Waals surface area contributed by atoms with Crippen LogP contribution in [0, 0.1) is 34.5 Å². The summed E-state index contributed by atoms with van der Waals surface area (Å²) in [5.74, 6) is -4.18. The number of aliphatic hydroxyl groups is 1. The van der Waals surface area contributed by atoms with E-state index in [-0.39, 0.29) is 63.3 Å². The van der Waals surface area contributed by atoms with Crippen molar-refractivity contribution in [3.05, 3.63) is 94.6 Å². The topological polar surface area (TPSA) is 171 Å². The number of hydrogen-bond acceptors (Lipinski definition) is 10. The Balaban J connectivity index is 1.47. The van der Waals surface area contributed by atoms with Crippen LogP contribution in [0.25, 0.3) is 0 Å². The molecular formula is C41H46N2O9. The van der Waals surface area contributed by atoms with Gasteiger partial charge >= 0.3 is 17.9 Å². The Labute approximate surface area is 303 Å². The molecular weight excluding hydrogens is 664 g/mol. The second-order valence-corrected chi connectivity index (χ2v) is 15.2. The first-order valence-electron chi connectivity index (χ1n) is 17.6. The maximum Gasteiger partial charge on any atom is 0.340 e. The number of allylic oxidation sites excluding steroid dienone is 2. The predicted octanol–water partition coefficient (Wildman–Crippen LogP) is 5.60. The lowest BCUT2D eigenvalue weighted by molar-refractivity contribution is -0.203. The number of nitrogens with two attached hydrogens (primary N) is 1. The van der Waals surface area contributed by atoms with Gasteiger partial charge in [-0.15, -0.1) is 0 Å². The molecule has 1 spiro atoms. The van der Waals surface area contributed by atoms with E-state index in [1.165, 1.54) is 19.1 Å². The first kappa shape index (κ1) is 36.8. The molecule has 6 rings (SSSR count). The fourth-order valence-electron chi connectivity index (χ4n) is 9.06. The highest BCUT2D eigenvalue weighted by Crippen LogP contribution is 2.72. The van der Waals surface area contributed by atoms with Crippen LogP contribution in [0.5, 0.6) is 0 Å². The molecule has 0 aliphatic heterocycles. The number of benzene rings is 2. The van der Waals surface area contributed by atoms with Gasteiger partial charge in [0.05, 0.1) is 22.2 Å². The monoisotopic (exact) mass is 710 g/mol. The van der Waals surface area contributed by atoms with E-state index in [1.54, 1.807) is 75.4 Å². The van der Waals surface area contributed by atoms with Gasteiger partial charge in [0.15, 0.2) is 23.6 Å². The highest BCUT2D eigenvalue weighted by atomic mass is 16.6. The van der Waals surface area contributed by atoms with E-state index in [0.29, 0.717) is 12.0 Å². The third-order valence-electron chi connectivity index (χ3n) is 11.9. The zero-order valence-corrected chi connectivity index (χ0v) is 30.5. The molecule has 8 atom stereocenters. The van der Waals surface area contributed by atoms with Gasteiger partial charge in [0.2, 0.25) is 0 Å². The van der Waals surface area contributed by atoms with Gasteiger partial charge in [0, 0.05) is 29.7 Å².